The second-order valence-electron chi connectivity index (χ2n) is 4.20. The summed E-state index contributed by atoms with van der Waals surface area (Å²) in [4.78, 5) is 8.47. The van der Waals surface area contributed by atoms with Gasteiger partial charge in [-0.2, -0.15) is 4.98 Å². The van der Waals surface area contributed by atoms with Gasteiger partial charge in [0.25, 0.3) is 5.89 Å². The Labute approximate surface area is 109 Å². The quantitative estimate of drug-likeness (QED) is 0.708. The van der Waals surface area contributed by atoms with Crippen LogP contribution in [0.4, 0.5) is 5.69 Å². The smallest absolute Gasteiger partial charge is 0.295 e. The van der Waals surface area contributed by atoms with Gasteiger partial charge in [-0.3, -0.25) is 0 Å². The van der Waals surface area contributed by atoms with Crippen LogP contribution in [-0.4, -0.2) is 15.1 Å². The summed E-state index contributed by atoms with van der Waals surface area (Å²) in [5.41, 5.74) is 7.89. The average molecular weight is 256 g/mol. The lowest BCUT2D eigenvalue weighted by Crippen LogP contribution is -1.86. The maximum atomic E-state index is 5.73. The third-order valence-electron chi connectivity index (χ3n) is 2.67. The molecule has 0 aliphatic carbocycles. The molecule has 96 valence electrons. The number of nitrogens with two attached hydrogens (primary N) is 1. The van der Waals surface area contributed by atoms with E-state index < -0.39 is 0 Å². The van der Waals surface area contributed by atoms with Crippen molar-refractivity contribution < 1.29 is 8.94 Å². The first kappa shape index (κ1) is 11.5. The van der Waals surface area contributed by atoms with E-state index in [0.29, 0.717) is 29.1 Å². The molecule has 19 heavy (non-hydrogen) atoms. The second-order valence-corrected chi connectivity index (χ2v) is 4.20. The highest BCUT2D eigenvalue weighted by Gasteiger charge is 2.17. The molecule has 2 heterocycles. The van der Waals surface area contributed by atoms with Gasteiger partial charge in [0, 0.05) is 18.2 Å². The summed E-state index contributed by atoms with van der Waals surface area (Å²) in [6.07, 6.45) is 0. The summed E-state index contributed by atoms with van der Waals surface area (Å²) < 4.78 is 10.6. The Kier molecular flexibility index (Phi) is 2.56. The summed E-state index contributed by atoms with van der Waals surface area (Å²) in [6.45, 7) is 3.60. The van der Waals surface area contributed by atoms with E-state index in [4.69, 9.17) is 14.7 Å². The number of nitrogens with zero attached hydrogens (tertiary/aromatic N) is 3. The highest BCUT2D eigenvalue weighted by atomic mass is 16.5. The fourth-order valence-corrected chi connectivity index (χ4v) is 1.84. The summed E-state index contributed by atoms with van der Waals surface area (Å²) in [5.74, 6) is 1.85. The molecule has 0 amide bonds. The van der Waals surface area contributed by atoms with Crippen molar-refractivity contribution in [3.05, 3.63) is 35.9 Å². The van der Waals surface area contributed by atoms with Crippen LogP contribution < -0.4 is 5.73 Å². The third kappa shape index (κ3) is 2.08. The van der Waals surface area contributed by atoms with Crippen molar-refractivity contribution in [2.45, 2.75) is 13.8 Å². The molecule has 0 bridgehead atoms. The van der Waals surface area contributed by atoms with E-state index >= 15 is 0 Å². The third-order valence-corrected chi connectivity index (χ3v) is 2.67. The van der Waals surface area contributed by atoms with Gasteiger partial charge in [-0.05, 0) is 19.1 Å². The summed E-state index contributed by atoms with van der Waals surface area (Å²) in [6, 6.07) is 7.29. The maximum Gasteiger partial charge on any atom is 0.295 e. The lowest BCUT2D eigenvalue weighted by molar-refractivity contribution is 0.413. The van der Waals surface area contributed by atoms with Crippen molar-refractivity contribution in [3.63, 3.8) is 0 Å². The SMILES string of the molecule is Cc1nc(C)c(-c2nc(-c3cccc(N)c3)no2)o1. The van der Waals surface area contributed by atoms with Gasteiger partial charge >= 0.3 is 0 Å². The van der Waals surface area contributed by atoms with Gasteiger partial charge in [0.1, 0.15) is 0 Å². The molecule has 6 heteroatoms. The topological polar surface area (TPSA) is 91.0 Å². The second kappa shape index (κ2) is 4.24. The van der Waals surface area contributed by atoms with Gasteiger partial charge in [-0.1, -0.05) is 17.3 Å². The zero-order valence-corrected chi connectivity index (χ0v) is 10.5. The molecule has 0 saturated carbocycles. The number of aryl methyl sites for hydroxylation is 2. The molecule has 0 atom stereocenters. The molecular formula is C13H12N4O2. The highest BCUT2D eigenvalue weighted by Crippen LogP contribution is 2.26. The Balaban J connectivity index is 2.02. The molecule has 0 aliphatic heterocycles. The molecule has 1 aromatic carbocycles. The molecule has 3 aromatic rings. The minimum absolute atomic E-state index is 0.315. The summed E-state index contributed by atoms with van der Waals surface area (Å²) in [5, 5.41) is 3.92. The van der Waals surface area contributed by atoms with Crippen LogP contribution >= 0.6 is 0 Å². The van der Waals surface area contributed by atoms with Crippen LogP contribution in [-0.2, 0) is 0 Å². The molecular weight excluding hydrogens is 244 g/mol. The normalized spacial score (nSPS) is 10.8. The number of hydrogen-bond acceptors (Lipinski definition) is 6. The van der Waals surface area contributed by atoms with Gasteiger partial charge in [0.05, 0.1) is 5.69 Å². The van der Waals surface area contributed by atoms with Crippen molar-refractivity contribution in [1.82, 2.24) is 15.1 Å². The Morgan fingerprint density at radius 1 is 1.16 bits per heavy atom. The van der Waals surface area contributed by atoms with E-state index in [0.717, 1.165) is 11.3 Å². The van der Waals surface area contributed by atoms with Gasteiger partial charge in [0.2, 0.25) is 11.6 Å². The number of rotatable bonds is 2. The standard InChI is InChI=1S/C13H12N4O2/c1-7-11(18-8(2)15-7)13-16-12(17-19-13)9-4-3-5-10(14)6-9/h3-6H,14H2,1-2H3. The molecule has 2 N–H and O–H groups in total. The Bertz CT molecular complexity index is 730. The zero-order valence-electron chi connectivity index (χ0n) is 10.5. The van der Waals surface area contributed by atoms with E-state index in [9.17, 15) is 0 Å². The lowest BCUT2D eigenvalue weighted by Gasteiger charge is -1.95. The van der Waals surface area contributed by atoms with E-state index in [2.05, 4.69) is 15.1 Å². The minimum atomic E-state index is 0.315. The molecule has 0 aliphatic rings. The zero-order chi connectivity index (χ0) is 13.4. The van der Waals surface area contributed by atoms with Crippen LogP contribution in [0.1, 0.15) is 11.6 Å². The molecule has 0 unspecified atom stereocenters. The first-order chi connectivity index (χ1) is 9.13. The monoisotopic (exact) mass is 256 g/mol. The van der Waals surface area contributed by atoms with Crippen molar-refractivity contribution in [2.75, 3.05) is 5.73 Å². The van der Waals surface area contributed by atoms with Crippen LogP contribution in [0.2, 0.25) is 0 Å². The van der Waals surface area contributed by atoms with Crippen LogP contribution in [0.15, 0.2) is 33.2 Å². The van der Waals surface area contributed by atoms with Crippen LogP contribution in [0.3, 0.4) is 0 Å². The molecule has 0 fully saturated rings. The molecule has 0 spiro atoms. The molecule has 6 nitrogen and oxygen atoms in total. The molecule has 2 aromatic heterocycles. The van der Waals surface area contributed by atoms with E-state index in [1.165, 1.54) is 0 Å². The fourth-order valence-electron chi connectivity index (χ4n) is 1.84. The maximum absolute atomic E-state index is 5.73. The van der Waals surface area contributed by atoms with Gasteiger partial charge in [-0.25, -0.2) is 4.98 Å². The first-order valence-electron chi connectivity index (χ1n) is 5.77. The number of benzene rings is 1. The number of aromatic nitrogens is 3. The largest absolute Gasteiger partial charge is 0.436 e. The number of nitrogen functional groups attached to an aromatic ring is 1. The van der Waals surface area contributed by atoms with Gasteiger partial charge < -0.3 is 14.7 Å². The van der Waals surface area contributed by atoms with Crippen molar-refractivity contribution in [1.29, 1.82) is 0 Å². The van der Waals surface area contributed by atoms with Crippen LogP contribution in [0.25, 0.3) is 23.0 Å². The van der Waals surface area contributed by atoms with Gasteiger partial charge in [0.15, 0.2) is 5.89 Å². The number of anilines is 1. The van der Waals surface area contributed by atoms with Gasteiger partial charge in [-0.15, -0.1) is 0 Å². The predicted molar refractivity (Wildman–Crippen MR) is 69.1 cm³/mol. The van der Waals surface area contributed by atoms with Crippen molar-refractivity contribution in [2.24, 2.45) is 0 Å². The van der Waals surface area contributed by atoms with Crippen LogP contribution in [0.5, 0.6) is 0 Å². The average Bonchev–Trinajstić information content (AvgIpc) is 2.96. The Hall–Kier alpha value is -2.63. The minimum Gasteiger partial charge on any atom is -0.436 e. The van der Waals surface area contributed by atoms with Crippen molar-refractivity contribution >= 4 is 5.69 Å². The van der Waals surface area contributed by atoms with E-state index in [1.54, 1.807) is 19.1 Å². The van der Waals surface area contributed by atoms with Crippen molar-refractivity contribution in [3.8, 4) is 23.0 Å². The molecule has 0 saturated heterocycles. The highest BCUT2D eigenvalue weighted by molar-refractivity contribution is 5.62. The Morgan fingerprint density at radius 2 is 2.00 bits per heavy atom. The van der Waals surface area contributed by atoms with Crippen LogP contribution in [0, 0.1) is 13.8 Å². The fraction of sp³-hybridized carbons (Fsp3) is 0.154. The van der Waals surface area contributed by atoms with E-state index in [1.807, 2.05) is 19.1 Å². The molecule has 3 rings (SSSR count). The molecule has 0 radical (unpaired) electrons. The lowest BCUT2D eigenvalue weighted by atomic mass is 10.2. The predicted octanol–water partition coefficient (Wildman–Crippen LogP) is 2.59. The Morgan fingerprint density at radius 3 is 2.68 bits per heavy atom. The summed E-state index contributed by atoms with van der Waals surface area (Å²) >= 11 is 0. The summed E-state index contributed by atoms with van der Waals surface area (Å²) in [7, 11) is 0. The number of hydrogen-bond donors (Lipinski definition) is 1. The van der Waals surface area contributed by atoms with E-state index in [-0.39, 0.29) is 0 Å². The first-order valence-corrected chi connectivity index (χ1v) is 5.77. The number of oxazole rings is 1.